The van der Waals surface area contributed by atoms with Crippen molar-refractivity contribution in [3.05, 3.63) is 119 Å². The van der Waals surface area contributed by atoms with Crippen molar-refractivity contribution in [1.82, 2.24) is 10.6 Å². The van der Waals surface area contributed by atoms with Gasteiger partial charge in [0.2, 0.25) is 0 Å². The van der Waals surface area contributed by atoms with Crippen LogP contribution >= 0.6 is 0 Å². The molecule has 2 N–H and O–H groups in total. The van der Waals surface area contributed by atoms with E-state index in [1.54, 1.807) is 0 Å². The number of Topliss-reactive ketones (excluding diaryl/α,β-unsaturated/α-hetero) is 1. The third-order valence-electron chi connectivity index (χ3n) is 8.66. The lowest BCUT2D eigenvalue weighted by Crippen LogP contribution is -2.40. The predicted molar refractivity (Wildman–Crippen MR) is 170 cm³/mol. The van der Waals surface area contributed by atoms with Crippen molar-refractivity contribution >= 4 is 18.0 Å². The molecule has 6 rings (SSSR count). The quantitative estimate of drug-likeness (QED) is 0.181. The highest BCUT2D eigenvalue weighted by molar-refractivity contribution is 5.85. The summed E-state index contributed by atoms with van der Waals surface area (Å²) in [4.78, 5) is 37.4. The fraction of sp³-hybridized carbons (Fsp3) is 0.270. The molecule has 4 aromatic rings. The van der Waals surface area contributed by atoms with E-state index in [1.807, 2.05) is 48.5 Å². The summed E-state index contributed by atoms with van der Waals surface area (Å²) >= 11 is 0. The van der Waals surface area contributed by atoms with Crippen LogP contribution in [0.1, 0.15) is 60.3 Å². The van der Waals surface area contributed by atoms with Crippen LogP contribution in [0, 0.1) is 0 Å². The van der Waals surface area contributed by atoms with Crippen LogP contribution < -0.4 is 10.6 Å². The maximum Gasteiger partial charge on any atom is 0.407 e. The van der Waals surface area contributed by atoms with Gasteiger partial charge in [0, 0.05) is 18.4 Å². The summed E-state index contributed by atoms with van der Waals surface area (Å²) in [6.07, 6.45) is 0.652. The van der Waals surface area contributed by atoms with E-state index in [0.29, 0.717) is 25.8 Å². The number of carbonyl (C=O) groups is 3. The number of hydrogen-bond acceptors (Lipinski definition) is 5. The van der Waals surface area contributed by atoms with E-state index >= 15 is 0 Å². The van der Waals surface area contributed by atoms with Crippen LogP contribution in [0.25, 0.3) is 22.3 Å². The number of fused-ring (bicyclic) bond motifs is 6. The minimum atomic E-state index is -0.653. The summed E-state index contributed by atoms with van der Waals surface area (Å²) in [7, 11) is 0. The standard InChI is InChI=1S/C37H36N2O5/c1-24(40)35(39-37(42)44-23-34-31-18-8-4-14-27(31)28-15-5-9-19-32(28)34)20-10-11-21-38-36(41)43-22-33-29-16-6-2-12-25(29)26-13-3-7-17-30(26)33/h2-9,12-19,33-35H,10-11,20-23H2,1H3,(H,38,41)(H,39,42). The minimum absolute atomic E-state index is 0.00783. The molecule has 0 heterocycles. The van der Waals surface area contributed by atoms with Crippen molar-refractivity contribution in [1.29, 1.82) is 0 Å². The van der Waals surface area contributed by atoms with Crippen LogP contribution in [0.2, 0.25) is 0 Å². The van der Waals surface area contributed by atoms with E-state index in [2.05, 4.69) is 59.2 Å². The molecule has 1 atom stereocenters. The van der Waals surface area contributed by atoms with Crippen LogP contribution in [-0.4, -0.2) is 43.8 Å². The summed E-state index contributed by atoms with van der Waals surface area (Å²) in [6, 6.07) is 32.1. The van der Waals surface area contributed by atoms with Crippen molar-refractivity contribution in [2.45, 2.75) is 44.1 Å². The van der Waals surface area contributed by atoms with Crippen molar-refractivity contribution in [2.24, 2.45) is 0 Å². The molecule has 2 aliphatic carbocycles. The number of hydrogen-bond donors (Lipinski definition) is 2. The molecular weight excluding hydrogens is 552 g/mol. The molecule has 0 saturated heterocycles. The Morgan fingerprint density at radius 3 is 1.45 bits per heavy atom. The number of benzene rings is 4. The third kappa shape index (κ3) is 6.09. The molecule has 7 nitrogen and oxygen atoms in total. The van der Waals surface area contributed by atoms with Gasteiger partial charge in [0.1, 0.15) is 13.2 Å². The molecular formula is C37H36N2O5. The summed E-state index contributed by atoms with van der Waals surface area (Å²) in [6.45, 7) is 2.32. The Bertz CT molecular complexity index is 1590. The monoisotopic (exact) mass is 588 g/mol. The van der Waals surface area contributed by atoms with Gasteiger partial charge in [0.15, 0.2) is 5.78 Å². The largest absolute Gasteiger partial charge is 0.449 e. The van der Waals surface area contributed by atoms with Crippen LogP contribution in [0.3, 0.4) is 0 Å². The van der Waals surface area contributed by atoms with Crippen LogP contribution in [-0.2, 0) is 14.3 Å². The molecule has 2 amide bonds. The Labute approximate surface area is 257 Å². The first-order valence-electron chi connectivity index (χ1n) is 15.2. The highest BCUT2D eigenvalue weighted by Crippen LogP contribution is 2.45. The summed E-state index contributed by atoms with van der Waals surface area (Å²) < 4.78 is 11.2. The van der Waals surface area contributed by atoms with Crippen molar-refractivity contribution in [3.63, 3.8) is 0 Å². The number of ketones is 1. The lowest BCUT2D eigenvalue weighted by atomic mass is 9.98. The first kappa shape index (κ1) is 29.2. The average molecular weight is 589 g/mol. The van der Waals surface area contributed by atoms with Gasteiger partial charge in [-0.05, 0) is 70.7 Å². The van der Waals surface area contributed by atoms with Crippen LogP contribution in [0.5, 0.6) is 0 Å². The molecule has 0 aliphatic heterocycles. The fourth-order valence-corrected chi connectivity index (χ4v) is 6.47. The highest BCUT2D eigenvalue weighted by atomic mass is 16.6. The smallest absolute Gasteiger partial charge is 0.407 e. The predicted octanol–water partition coefficient (Wildman–Crippen LogP) is 7.19. The lowest BCUT2D eigenvalue weighted by Gasteiger charge is -2.18. The molecule has 0 bridgehead atoms. The Morgan fingerprint density at radius 1 is 0.614 bits per heavy atom. The summed E-state index contributed by atoms with van der Waals surface area (Å²) in [5, 5.41) is 5.54. The van der Waals surface area contributed by atoms with Crippen molar-refractivity contribution < 1.29 is 23.9 Å². The molecule has 2 aliphatic rings. The highest BCUT2D eigenvalue weighted by Gasteiger charge is 2.30. The number of rotatable bonds is 11. The normalized spacial score (nSPS) is 13.7. The van der Waals surface area contributed by atoms with Crippen molar-refractivity contribution in [2.75, 3.05) is 19.8 Å². The number of carbonyl (C=O) groups excluding carboxylic acids is 3. The number of ether oxygens (including phenoxy) is 2. The van der Waals surface area contributed by atoms with Crippen LogP contribution in [0.4, 0.5) is 9.59 Å². The van der Waals surface area contributed by atoms with E-state index in [1.165, 1.54) is 29.2 Å². The molecule has 1 unspecified atom stereocenters. The molecule has 224 valence electrons. The van der Waals surface area contributed by atoms with Crippen LogP contribution in [0.15, 0.2) is 97.1 Å². The van der Waals surface area contributed by atoms with Gasteiger partial charge >= 0.3 is 12.2 Å². The van der Waals surface area contributed by atoms with E-state index in [9.17, 15) is 14.4 Å². The molecule has 0 spiro atoms. The van der Waals surface area contributed by atoms with Crippen molar-refractivity contribution in [3.8, 4) is 22.3 Å². The molecule has 0 aromatic heterocycles. The van der Waals surface area contributed by atoms with Gasteiger partial charge in [-0.3, -0.25) is 4.79 Å². The number of unbranched alkanes of at least 4 members (excludes halogenated alkanes) is 1. The SMILES string of the molecule is CC(=O)C(CCCCNC(=O)OCC1c2ccccc2-c2ccccc21)NC(=O)OCC1c2ccccc2-c2ccccc21. The molecule has 7 heteroatoms. The zero-order valence-corrected chi connectivity index (χ0v) is 24.8. The summed E-state index contributed by atoms with van der Waals surface area (Å²) in [5.41, 5.74) is 9.28. The summed E-state index contributed by atoms with van der Waals surface area (Å²) in [5.74, 6) is -0.177. The lowest BCUT2D eigenvalue weighted by molar-refractivity contribution is -0.119. The molecule has 0 fully saturated rings. The second kappa shape index (κ2) is 13.2. The van der Waals surface area contributed by atoms with E-state index in [0.717, 1.165) is 22.3 Å². The van der Waals surface area contributed by atoms with Gasteiger partial charge in [0.05, 0.1) is 6.04 Å². The van der Waals surface area contributed by atoms with Gasteiger partial charge in [-0.25, -0.2) is 9.59 Å². The van der Waals surface area contributed by atoms with Gasteiger partial charge in [-0.15, -0.1) is 0 Å². The Hall–Kier alpha value is -4.91. The minimum Gasteiger partial charge on any atom is -0.449 e. The first-order valence-corrected chi connectivity index (χ1v) is 15.2. The van der Waals surface area contributed by atoms with Gasteiger partial charge in [-0.2, -0.15) is 0 Å². The fourth-order valence-electron chi connectivity index (χ4n) is 6.47. The molecule has 0 radical (unpaired) electrons. The number of amides is 2. The maximum atomic E-state index is 12.7. The topological polar surface area (TPSA) is 93.7 Å². The molecule has 44 heavy (non-hydrogen) atoms. The Balaban J connectivity index is 0.925. The molecule has 0 saturated carbocycles. The zero-order chi connectivity index (χ0) is 30.5. The van der Waals surface area contributed by atoms with E-state index in [4.69, 9.17) is 9.47 Å². The van der Waals surface area contributed by atoms with Gasteiger partial charge in [0.25, 0.3) is 0 Å². The maximum absolute atomic E-state index is 12.7. The number of alkyl carbamates (subject to hydrolysis) is 2. The van der Waals surface area contributed by atoms with Gasteiger partial charge in [-0.1, -0.05) is 97.1 Å². The van der Waals surface area contributed by atoms with E-state index < -0.39 is 18.2 Å². The zero-order valence-electron chi connectivity index (χ0n) is 24.8. The average Bonchev–Trinajstić information content (AvgIpc) is 3.54. The van der Waals surface area contributed by atoms with E-state index in [-0.39, 0.29) is 30.8 Å². The Kier molecular flexibility index (Phi) is 8.73. The third-order valence-corrected chi connectivity index (χ3v) is 8.66. The van der Waals surface area contributed by atoms with Gasteiger partial charge < -0.3 is 20.1 Å². The Morgan fingerprint density at radius 2 is 1.02 bits per heavy atom. The first-order chi connectivity index (χ1) is 21.5. The number of nitrogens with one attached hydrogen (secondary N) is 2. The second-order valence-electron chi connectivity index (χ2n) is 11.4. The molecule has 4 aromatic carbocycles. The second-order valence-corrected chi connectivity index (χ2v) is 11.4.